The molecule has 0 saturated carbocycles. The number of nitrogens with one attached hydrogen (secondary N) is 2. The van der Waals surface area contributed by atoms with Crippen molar-refractivity contribution >= 4 is 17.9 Å². The predicted octanol–water partition coefficient (Wildman–Crippen LogP) is 4.27. The van der Waals surface area contributed by atoms with Crippen LogP contribution in [-0.2, 0) is 25.7 Å². The average Bonchev–Trinajstić information content (AvgIpc) is 2.93. The molecule has 3 heterocycles. The molecule has 5 rings (SSSR count). The number of carbonyl (C=O) groups is 2. The molecule has 202 valence electrons. The Kier molecular flexibility index (Phi) is 8.42. The molecule has 3 aliphatic rings. The van der Waals surface area contributed by atoms with Crippen LogP contribution < -0.4 is 15.5 Å². The van der Waals surface area contributed by atoms with Crippen molar-refractivity contribution in [2.75, 3.05) is 19.7 Å². The Hall–Kier alpha value is -3.20. The van der Waals surface area contributed by atoms with E-state index in [-0.39, 0.29) is 23.5 Å². The molecule has 0 aliphatic carbocycles. The fourth-order valence-corrected chi connectivity index (χ4v) is 5.57. The van der Waals surface area contributed by atoms with Crippen LogP contribution in [0.3, 0.4) is 0 Å². The SMILES string of the molecule is CC(=O)NC1CC2(CCN(Cc3ccccc3)CC2)Oc2ccc(C=CC(=O)NOC3CCCCO3)cc21. The summed E-state index contributed by atoms with van der Waals surface area (Å²) in [6, 6.07) is 16.3. The number of rotatable bonds is 7. The van der Waals surface area contributed by atoms with Gasteiger partial charge in [0, 0.05) is 57.6 Å². The standard InChI is InChI=1S/C30H37N3O5/c1-22(34)31-26-20-30(14-16-33(17-15-30)21-24-7-3-2-4-8-24)37-27-12-10-23(19-25(26)27)11-13-28(35)32-38-29-9-5-6-18-36-29/h2-4,7-8,10-13,19,26,29H,5-6,9,14-18,20-21H2,1H3,(H,31,34)(H,32,35). The molecule has 2 aromatic rings. The smallest absolute Gasteiger partial charge is 0.267 e. The Morgan fingerprint density at radius 1 is 1.13 bits per heavy atom. The van der Waals surface area contributed by atoms with E-state index in [0.717, 1.165) is 75.0 Å². The van der Waals surface area contributed by atoms with Gasteiger partial charge in [0.1, 0.15) is 11.4 Å². The molecule has 0 bridgehead atoms. The van der Waals surface area contributed by atoms with Gasteiger partial charge < -0.3 is 14.8 Å². The molecule has 2 aromatic carbocycles. The lowest BCUT2D eigenvalue weighted by molar-refractivity contribution is -0.198. The number of hydrogen-bond donors (Lipinski definition) is 2. The normalized spacial score (nSPS) is 23.0. The lowest BCUT2D eigenvalue weighted by atomic mass is 9.80. The van der Waals surface area contributed by atoms with Gasteiger partial charge in [-0.2, -0.15) is 0 Å². The van der Waals surface area contributed by atoms with E-state index in [2.05, 4.69) is 40.0 Å². The first kappa shape index (κ1) is 26.4. The molecule has 8 nitrogen and oxygen atoms in total. The Labute approximate surface area is 224 Å². The highest BCUT2D eigenvalue weighted by atomic mass is 16.8. The Morgan fingerprint density at radius 3 is 2.68 bits per heavy atom. The summed E-state index contributed by atoms with van der Waals surface area (Å²) < 4.78 is 12.1. The van der Waals surface area contributed by atoms with Crippen LogP contribution in [0.15, 0.2) is 54.6 Å². The number of hydroxylamine groups is 1. The molecule has 2 atom stereocenters. The second-order valence-corrected chi connectivity index (χ2v) is 10.5. The van der Waals surface area contributed by atoms with Crippen LogP contribution in [0.1, 0.15) is 68.2 Å². The molecule has 2 fully saturated rings. The van der Waals surface area contributed by atoms with Gasteiger partial charge in [0.25, 0.3) is 5.91 Å². The zero-order valence-electron chi connectivity index (χ0n) is 22.0. The fraction of sp³-hybridized carbons (Fsp3) is 0.467. The van der Waals surface area contributed by atoms with Crippen LogP contribution in [0.4, 0.5) is 0 Å². The molecule has 3 aliphatic heterocycles. The van der Waals surface area contributed by atoms with Crippen LogP contribution in [0.5, 0.6) is 5.75 Å². The Morgan fingerprint density at radius 2 is 1.95 bits per heavy atom. The minimum Gasteiger partial charge on any atom is -0.487 e. The summed E-state index contributed by atoms with van der Waals surface area (Å²) in [4.78, 5) is 32.2. The summed E-state index contributed by atoms with van der Waals surface area (Å²) in [6.45, 7) is 5.02. The minimum absolute atomic E-state index is 0.0677. The van der Waals surface area contributed by atoms with E-state index in [1.807, 2.05) is 24.3 Å². The van der Waals surface area contributed by atoms with Crippen LogP contribution in [-0.4, -0.2) is 48.3 Å². The number of carbonyl (C=O) groups excluding carboxylic acids is 2. The van der Waals surface area contributed by atoms with Crippen LogP contribution in [0, 0.1) is 0 Å². The van der Waals surface area contributed by atoms with Crippen LogP contribution in [0.25, 0.3) is 6.08 Å². The number of likely N-dealkylation sites (tertiary alicyclic amines) is 1. The number of amides is 2. The molecular formula is C30H37N3O5. The lowest BCUT2D eigenvalue weighted by Crippen LogP contribution is -2.52. The summed E-state index contributed by atoms with van der Waals surface area (Å²) in [7, 11) is 0. The maximum Gasteiger partial charge on any atom is 0.267 e. The first-order valence-corrected chi connectivity index (χ1v) is 13.6. The second kappa shape index (κ2) is 12.1. The third-order valence-corrected chi connectivity index (χ3v) is 7.56. The number of fused-ring (bicyclic) bond motifs is 1. The van der Waals surface area contributed by atoms with Crippen molar-refractivity contribution < 1.29 is 23.9 Å². The van der Waals surface area contributed by atoms with Gasteiger partial charge in [-0.1, -0.05) is 36.4 Å². The molecule has 2 amide bonds. The number of benzene rings is 2. The molecule has 2 saturated heterocycles. The minimum atomic E-state index is -0.391. The summed E-state index contributed by atoms with van der Waals surface area (Å²) in [5, 5.41) is 3.14. The van der Waals surface area contributed by atoms with Crippen LogP contribution >= 0.6 is 0 Å². The van der Waals surface area contributed by atoms with E-state index in [1.54, 1.807) is 13.0 Å². The summed E-state index contributed by atoms with van der Waals surface area (Å²) in [5.41, 5.74) is 5.24. The van der Waals surface area contributed by atoms with Gasteiger partial charge in [0.2, 0.25) is 5.91 Å². The zero-order chi connectivity index (χ0) is 26.4. The highest BCUT2D eigenvalue weighted by Crippen LogP contribution is 2.45. The van der Waals surface area contributed by atoms with Crippen molar-refractivity contribution in [1.29, 1.82) is 0 Å². The van der Waals surface area contributed by atoms with Gasteiger partial charge >= 0.3 is 0 Å². The first-order valence-electron chi connectivity index (χ1n) is 13.6. The van der Waals surface area contributed by atoms with E-state index in [4.69, 9.17) is 14.3 Å². The molecule has 0 aromatic heterocycles. The van der Waals surface area contributed by atoms with Crippen molar-refractivity contribution in [3.8, 4) is 5.75 Å². The summed E-state index contributed by atoms with van der Waals surface area (Å²) in [5.74, 6) is 0.376. The molecule has 1 spiro atoms. The maximum atomic E-state index is 12.2. The van der Waals surface area contributed by atoms with Gasteiger partial charge in [-0.25, -0.2) is 10.3 Å². The van der Waals surface area contributed by atoms with E-state index >= 15 is 0 Å². The maximum absolute atomic E-state index is 12.2. The highest BCUT2D eigenvalue weighted by Gasteiger charge is 2.43. The van der Waals surface area contributed by atoms with Crippen molar-refractivity contribution in [3.05, 3.63) is 71.3 Å². The predicted molar refractivity (Wildman–Crippen MR) is 144 cm³/mol. The van der Waals surface area contributed by atoms with E-state index in [0.29, 0.717) is 6.61 Å². The molecule has 2 unspecified atom stereocenters. The van der Waals surface area contributed by atoms with Crippen molar-refractivity contribution in [1.82, 2.24) is 15.7 Å². The van der Waals surface area contributed by atoms with Crippen LogP contribution in [0.2, 0.25) is 0 Å². The van der Waals surface area contributed by atoms with E-state index < -0.39 is 6.29 Å². The monoisotopic (exact) mass is 519 g/mol. The van der Waals surface area contributed by atoms with Gasteiger partial charge in [-0.05, 0) is 55.0 Å². The van der Waals surface area contributed by atoms with Crippen molar-refractivity contribution in [2.24, 2.45) is 0 Å². The summed E-state index contributed by atoms with van der Waals surface area (Å²) >= 11 is 0. The van der Waals surface area contributed by atoms with Crippen molar-refractivity contribution in [2.45, 2.75) is 69.9 Å². The van der Waals surface area contributed by atoms with Gasteiger partial charge in [-0.3, -0.25) is 14.5 Å². The molecule has 2 N–H and O–H groups in total. The van der Waals surface area contributed by atoms with Crippen molar-refractivity contribution in [3.63, 3.8) is 0 Å². The number of hydrogen-bond acceptors (Lipinski definition) is 6. The fourth-order valence-electron chi connectivity index (χ4n) is 5.57. The summed E-state index contributed by atoms with van der Waals surface area (Å²) in [6.07, 6.45) is 8.12. The zero-order valence-corrected chi connectivity index (χ0v) is 22.0. The first-order chi connectivity index (χ1) is 18.5. The highest BCUT2D eigenvalue weighted by molar-refractivity contribution is 5.91. The quantitative estimate of drug-likeness (QED) is 0.420. The second-order valence-electron chi connectivity index (χ2n) is 10.5. The van der Waals surface area contributed by atoms with Gasteiger partial charge in [0.05, 0.1) is 6.04 Å². The molecule has 8 heteroatoms. The lowest BCUT2D eigenvalue weighted by Gasteiger charge is -2.47. The molecule has 0 radical (unpaired) electrons. The molecular weight excluding hydrogens is 482 g/mol. The van der Waals surface area contributed by atoms with Gasteiger partial charge in [0.15, 0.2) is 6.29 Å². The van der Waals surface area contributed by atoms with E-state index in [9.17, 15) is 9.59 Å². The largest absolute Gasteiger partial charge is 0.487 e. The number of piperidine rings is 1. The number of nitrogens with zero attached hydrogens (tertiary/aromatic N) is 1. The average molecular weight is 520 g/mol. The topological polar surface area (TPSA) is 89.1 Å². The van der Waals surface area contributed by atoms with Gasteiger partial charge in [-0.15, -0.1) is 0 Å². The third kappa shape index (κ3) is 6.81. The Bertz CT molecular complexity index is 1140. The Balaban J connectivity index is 1.23. The molecule has 38 heavy (non-hydrogen) atoms. The van der Waals surface area contributed by atoms with E-state index in [1.165, 1.54) is 11.6 Å². The third-order valence-electron chi connectivity index (χ3n) is 7.56. The number of ether oxygens (including phenoxy) is 2.